The normalized spacial score (nSPS) is 26.4. The van der Waals surface area contributed by atoms with Crippen LogP contribution in [0.5, 0.6) is 0 Å². The Balaban J connectivity index is 2.32. The summed E-state index contributed by atoms with van der Waals surface area (Å²) >= 11 is 0. The fourth-order valence-electron chi connectivity index (χ4n) is 2.31. The van der Waals surface area contributed by atoms with Crippen LogP contribution in [-0.2, 0) is 4.74 Å². The fourth-order valence-corrected chi connectivity index (χ4v) is 2.31. The molecular weight excluding hydrogens is 238 g/mol. The Morgan fingerprint density at radius 2 is 2.28 bits per heavy atom. The van der Waals surface area contributed by atoms with Gasteiger partial charge in [0, 0.05) is 12.1 Å². The first-order valence-corrected chi connectivity index (χ1v) is 5.75. The zero-order valence-electron chi connectivity index (χ0n) is 10.1. The first kappa shape index (κ1) is 13.0. The topological polar surface area (TPSA) is 111 Å². The number of aliphatic hydroxyl groups excluding tert-OH is 2. The molecule has 0 unspecified atom stereocenters. The molecule has 100 valence electrons. The molecule has 0 radical (unpaired) electrons. The fraction of sp³-hybridized carbons (Fsp3) is 0.636. The molecule has 1 fully saturated rings. The van der Waals surface area contributed by atoms with E-state index in [-0.39, 0.29) is 24.9 Å². The quantitative estimate of drug-likeness (QED) is 0.646. The predicted octanol–water partition coefficient (Wildman–Crippen LogP) is -0.896. The van der Waals surface area contributed by atoms with Gasteiger partial charge in [0.2, 0.25) is 0 Å². The molecule has 0 aromatic carbocycles. The van der Waals surface area contributed by atoms with Gasteiger partial charge >= 0.3 is 5.69 Å². The maximum atomic E-state index is 11.7. The summed E-state index contributed by atoms with van der Waals surface area (Å²) in [5, 5.41) is 18.6. The van der Waals surface area contributed by atoms with Crippen molar-refractivity contribution in [1.29, 1.82) is 0 Å². The third kappa shape index (κ3) is 2.12. The minimum atomic E-state index is -0.995. The molecule has 4 N–H and O–H groups in total. The van der Waals surface area contributed by atoms with Gasteiger partial charge < -0.3 is 20.7 Å². The summed E-state index contributed by atoms with van der Waals surface area (Å²) in [4.78, 5) is 15.4. The molecule has 1 aromatic rings. The average molecular weight is 255 g/mol. The van der Waals surface area contributed by atoms with Crippen molar-refractivity contribution in [2.45, 2.75) is 25.2 Å². The summed E-state index contributed by atoms with van der Waals surface area (Å²) in [5.41, 5.74) is 3.92. The minimum absolute atomic E-state index is 0.0209. The van der Waals surface area contributed by atoms with Gasteiger partial charge in [-0.15, -0.1) is 0 Å². The van der Waals surface area contributed by atoms with Gasteiger partial charge in [-0.1, -0.05) is 6.92 Å². The Morgan fingerprint density at radius 3 is 2.78 bits per heavy atom. The number of aromatic nitrogens is 2. The number of nitrogens with zero attached hydrogens (tertiary/aromatic N) is 2. The Morgan fingerprint density at radius 1 is 1.61 bits per heavy atom. The number of nitrogen functional groups attached to an aromatic ring is 1. The van der Waals surface area contributed by atoms with E-state index in [0.717, 1.165) is 0 Å². The van der Waals surface area contributed by atoms with Crippen LogP contribution in [0.15, 0.2) is 17.1 Å². The molecule has 18 heavy (non-hydrogen) atoms. The smallest absolute Gasteiger partial charge is 0.351 e. The standard InChI is InChI=1S/C11H17N3O4/c1-7-4-11(5-15,6-16)18-9(7)14-3-2-8(12)13-10(14)17/h2-3,7,9,15-16H,4-6H2,1H3,(H2,12,13,17)/t7-,9+/m0/s1. The minimum Gasteiger partial charge on any atom is -0.393 e. The van der Waals surface area contributed by atoms with E-state index < -0.39 is 17.5 Å². The van der Waals surface area contributed by atoms with E-state index in [1.54, 1.807) is 0 Å². The Kier molecular flexibility index (Phi) is 3.38. The molecule has 0 spiro atoms. The van der Waals surface area contributed by atoms with Crippen molar-refractivity contribution >= 4 is 5.82 Å². The molecule has 0 aliphatic carbocycles. The molecule has 1 aliphatic heterocycles. The second kappa shape index (κ2) is 4.68. The Bertz CT molecular complexity index is 483. The lowest BCUT2D eigenvalue weighted by Gasteiger charge is -2.25. The number of rotatable bonds is 3. The molecule has 2 heterocycles. The van der Waals surface area contributed by atoms with Crippen LogP contribution in [0.1, 0.15) is 19.6 Å². The molecule has 7 heteroatoms. The molecule has 1 saturated heterocycles. The van der Waals surface area contributed by atoms with Crippen LogP contribution in [0.4, 0.5) is 5.82 Å². The van der Waals surface area contributed by atoms with E-state index in [4.69, 9.17) is 10.5 Å². The monoisotopic (exact) mass is 255 g/mol. The zero-order valence-corrected chi connectivity index (χ0v) is 10.1. The predicted molar refractivity (Wildman–Crippen MR) is 63.7 cm³/mol. The number of aliphatic hydroxyl groups is 2. The first-order valence-electron chi connectivity index (χ1n) is 5.75. The highest BCUT2D eigenvalue weighted by molar-refractivity contribution is 5.23. The zero-order chi connectivity index (χ0) is 13.3. The number of hydrogen-bond donors (Lipinski definition) is 3. The largest absolute Gasteiger partial charge is 0.393 e. The van der Waals surface area contributed by atoms with Gasteiger partial charge in [0.05, 0.1) is 13.2 Å². The van der Waals surface area contributed by atoms with Gasteiger partial charge in [-0.3, -0.25) is 4.57 Å². The number of nitrogens with two attached hydrogens (primary N) is 1. The summed E-state index contributed by atoms with van der Waals surface area (Å²) in [7, 11) is 0. The lowest BCUT2D eigenvalue weighted by molar-refractivity contribution is -0.125. The van der Waals surface area contributed by atoms with Gasteiger partial charge in [-0.05, 0) is 12.5 Å². The Labute approximate surface area is 104 Å². The molecule has 0 saturated carbocycles. The number of hydrogen-bond acceptors (Lipinski definition) is 6. The van der Waals surface area contributed by atoms with Crippen LogP contribution in [0.25, 0.3) is 0 Å². The van der Waals surface area contributed by atoms with Crippen molar-refractivity contribution < 1.29 is 14.9 Å². The molecule has 2 atom stereocenters. The summed E-state index contributed by atoms with van der Waals surface area (Å²) in [5.74, 6) is 0.130. The van der Waals surface area contributed by atoms with Crippen molar-refractivity contribution in [1.82, 2.24) is 9.55 Å². The van der Waals surface area contributed by atoms with Gasteiger partial charge in [0.1, 0.15) is 17.6 Å². The van der Waals surface area contributed by atoms with Crippen molar-refractivity contribution in [3.8, 4) is 0 Å². The highest BCUT2D eigenvalue weighted by atomic mass is 16.6. The van der Waals surface area contributed by atoms with Crippen LogP contribution in [0.3, 0.4) is 0 Å². The molecular formula is C11H17N3O4. The van der Waals surface area contributed by atoms with Crippen LogP contribution >= 0.6 is 0 Å². The lowest BCUT2D eigenvalue weighted by atomic mass is 9.96. The molecule has 0 bridgehead atoms. The molecule has 7 nitrogen and oxygen atoms in total. The number of ether oxygens (including phenoxy) is 1. The number of anilines is 1. The highest BCUT2D eigenvalue weighted by Gasteiger charge is 2.45. The second-order valence-electron chi connectivity index (χ2n) is 4.73. The van der Waals surface area contributed by atoms with E-state index >= 15 is 0 Å². The van der Waals surface area contributed by atoms with Crippen molar-refractivity contribution in [2.24, 2.45) is 5.92 Å². The maximum Gasteiger partial charge on any atom is 0.351 e. The van der Waals surface area contributed by atoms with Gasteiger partial charge in [0.15, 0.2) is 0 Å². The van der Waals surface area contributed by atoms with E-state index in [9.17, 15) is 15.0 Å². The lowest BCUT2D eigenvalue weighted by Crippen LogP contribution is -2.38. The summed E-state index contributed by atoms with van der Waals surface area (Å²) in [6, 6.07) is 1.51. The summed E-state index contributed by atoms with van der Waals surface area (Å²) in [6.07, 6.45) is 1.43. The first-order chi connectivity index (χ1) is 8.51. The van der Waals surface area contributed by atoms with E-state index in [1.807, 2.05) is 6.92 Å². The second-order valence-corrected chi connectivity index (χ2v) is 4.73. The SMILES string of the molecule is C[C@H]1CC(CO)(CO)O[C@H]1n1ccc(N)nc1=O. The van der Waals surface area contributed by atoms with Gasteiger partial charge in [0.25, 0.3) is 0 Å². The summed E-state index contributed by atoms with van der Waals surface area (Å²) < 4.78 is 6.98. The molecule has 1 aliphatic rings. The average Bonchev–Trinajstić information content (AvgIpc) is 2.67. The third-order valence-electron chi connectivity index (χ3n) is 3.25. The van der Waals surface area contributed by atoms with E-state index in [0.29, 0.717) is 6.42 Å². The molecule has 1 aromatic heterocycles. The van der Waals surface area contributed by atoms with Crippen molar-refractivity contribution in [2.75, 3.05) is 18.9 Å². The highest BCUT2D eigenvalue weighted by Crippen LogP contribution is 2.39. The van der Waals surface area contributed by atoms with Crippen LogP contribution < -0.4 is 11.4 Å². The van der Waals surface area contributed by atoms with Crippen LogP contribution in [-0.4, -0.2) is 38.6 Å². The van der Waals surface area contributed by atoms with Gasteiger partial charge in [-0.2, -0.15) is 4.98 Å². The Hall–Kier alpha value is -1.44. The van der Waals surface area contributed by atoms with E-state index in [1.165, 1.54) is 16.8 Å². The van der Waals surface area contributed by atoms with Crippen molar-refractivity contribution in [3.05, 3.63) is 22.7 Å². The molecule has 2 rings (SSSR count). The third-order valence-corrected chi connectivity index (χ3v) is 3.25. The van der Waals surface area contributed by atoms with Gasteiger partial charge in [-0.25, -0.2) is 4.79 Å². The molecule has 0 amide bonds. The van der Waals surface area contributed by atoms with Crippen LogP contribution in [0.2, 0.25) is 0 Å². The van der Waals surface area contributed by atoms with E-state index in [2.05, 4.69) is 4.98 Å². The summed E-state index contributed by atoms with van der Waals surface area (Å²) in [6.45, 7) is 1.31. The maximum absolute atomic E-state index is 11.7. The van der Waals surface area contributed by atoms with Crippen LogP contribution in [0, 0.1) is 5.92 Å². The van der Waals surface area contributed by atoms with Crippen molar-refractivity contribution in [3.63, 3.8) is 0 Å².